The third-order valence-electron chi connectivity index (χ3n) is 2.62. The standard InChI is InChI=1S/C14H8BrClF2O/c15-14-10(2-1-3-12(14)18)13(19)6-8-4-5-9(17)7-11(8)16/h1-5,7H,6H2. The predicted octanol–water partition coefficient (Wildman–Crippen LogP) is 4.81. The number of carbonyl (C=O) groups excluding carboxylic acids is 1. The fourth-order valence-electron chi connectivity index (χ4n) is 1.65. The Kier molecular flexibility index (Phi) is 4.32. The first-order valence-electron chi connectivity index (χ1n) is 5.40. The minimum Gasteiger partial charge on any atom is -0.294 e. The van der Waals surface area contributed by atoms with Gasteiger partial charge >= 0.3 is 0 Å². The summed E-state index contributed by atoms with van der Waals surface area (Å²) >= 11 is 8.89. The second-order valence-corrected chi connectivity index (χ2v) is 5.14. The Bertz CT molecular complexity index is 643. The van der Waals surface area contributed by atoms with Crippen LogP contribution in [0, 0.1) is 11.6 Å². The van der Waals surface area contributed by atoms with Crippen LogP contribution in [0.3, 0.4) is 0 Å². The topological polar surface area (TPSA) is 17.1 Å². The summed E-state index contributed by atoms with van der Waals surface area (Å²) in [6, 6.07) is 8.06. The van der Waals surface area contributed by atoms with E-state index in [4.69, 9.17) is 11.6 Å². The number of ketones is 1. The Balaban J connectivity index is 2.28. The number of rotatable bonds is 3. The van der Waals surface area contributed by atoms with E-state index in [1.54, 1.807) is 0 Å². The molecule has 0 aliphatic carbocycles. The number of benzene rings is 2. The second kappa shape index (κ2) is 5.80. The third kappa shape index (κ3) is 3.19. The number of hydrogen-bond donors (Lipinski definition) is 0. The Morgan fingerprint density at radius 2 is 1.95 bits per heavy atom. The average Bonchev–Trinajstić information content (AvgIpc) is 2.36. The Morgan fingerprint density at radius 1 is 1.21 bits per heavy atom. The summed E-state index contributed by atoms with van der Waals surface area (Å²) in [5.74, 6) is -1.26. The van der Waals surface area contributed by atoms with E-state index in [1.807, 2.05) is 0 Å². The largest absolute Gasteiger partial charge is 0.294 e. The van der Waals surface area contributed by atoms with E-state index in [-0.39, 0.29) is 27.3 Å². The predicted molar refractivity (Wildman–Crippen MR) is 73.5 cm³/mol. The molecule has 5 heteroatoms. The number of Topliss-reactive ketones (excluding diaryl/α,β-unsaturated/α-hetero) is 1. The van der Waals surface area contributed by atoms with Gasteiger partial charge < -0.3 is 0 Å². The van der Waals surface area contributed by atoms with Crippen molar-refractivity contribution in [2.75, 3.05) is 0 Å². The van der Waals surface area contributed by atoms with Crippen molar-refractivity contribution in [3.63, 3.8) is 0 Å². The summed E-state index contributed by atoms with van der Waals surface area (Å²) < 4.78 is 26.4. The van der Waals surface area contributed by atoms with Crippen LogP contribution < -0.4 is 0 Å². The van der Waals surface area contributed by atoms with Crippen LogP contribution in [0.1, 0.15) is 15.9 Å². The number of halogens is 4. The molecule has 0 saturated heterocycles. The third-order valence-corrected chi connectivity index (χ3v) is 3.78. The van der Waals surface area contributed by atoms with Crippen molar-refractivity contribution in [1.82, 2.24) is 0 Å². The fourth-order valence-corrected chi connectivity index (χ4v) is 2.37. The van der Waals surface area contributed by atoms with Gasteiger partial charge in [0.15, 0.2) is 5.78 Å². The van der Waals surface area contributed by atoms with E-state index in [1.165, 1.54) is 30.3 Å². The molecule has 1 nitrogen and oxygen atoms in total. The van der Waals surface area contributed by atoms with Crippen LogP contribution in [-0.4, -0.2) is 5.78 Å². The van der Waals surface area contributed by atoms with Crippen molar-refractivity contribution in [3.8, 4) is 0 Å². The van der Waals surface area contributed by atoms with Crippen LogP contribution >= 0.6 is 27.5 Å². The van der Waals surface area contributed by atoms with Gasteiger partial charge in [-0.05, 0) is 39.7 Å². The van der Waals surface area contributed by atoms with Crippen molar-refractivity contribution < 1.29 is 13.6 Å². The molecule has 2 aromatic rings. The minimum absolute atomic E-state index is 0.0127. The molecule has 0 heterocycles. The number of hydrogen-bond acceptors (Lipinski definition) is 1. The van der Waals surface area contributed by atoms with Crippen LogP contribution in [-0.2, 0) is 6.42 Å². The zero-order valence-corrected chi connectivity index (χ0v) is 11.9. The average molecular weight is 346 g/mol. The Labute approximate surface area is 122 Å². The molecule has 0 spiro atoms. The van der Waals surface area contributed by atoms with E-state index in [2.05, 4.69) is 15.9 Å². The molecule has 0 bridgehead atoms. The molecule has 2 aromatic carbocycles. The maximum atomic E-state index is 13.3. The smallest absolute Gasteiger partial charge is 0.168 e. The quantitative estimate of drug-likeness (QED) is 0.730. The fraction of sp³-hybridized carbons (Fsp3) is 0.0714. The Morgan fingerprint density at radius 3 is 2.63 bits per heavy atom. The van der Waals surface area contributed by atoms with E-state index >= 15 is 0 Å². The van der Waals surface area contributed by atoms with Gasteiger partial charge in [-0.1, -0.05) is 29.8 Å². The molecule has 0 saturated carbocycles. The van der Waals surface area contributed by atoms with E-state index in [9.17, 15) is 13.6 Å². The summed E-state index contributed by atoms with van der Waals surface area (Å²) in [6.45, 7) is 0. The highest BCUT2D eigenvalue weighted by Gasteiger charge is 2.15. The van der Waals surface area contributed by atoms with Crippen molar-refractivity contribution in [3.05, 3.63) is 68.7 Å². The summed E-state index contributed by atoms with van der Waals surface area (Å²) in [4.78, 5) is 12.1. The van der Waals surface area contributed by atoms with Gasteiger partial charge in [-0.2, -0.15) is 0 Å². The van der Waals surface area contributed by atoms with Gasteiger partial charge in [-0.15, -0.1) is 0 Å². The molecule has 0 unspecified atom stereocenters. The highest BCUT2D eigenvalue weighted by Crippen LogP contribution is 2.24. The van der Waals surface area contributed by atoms with Crippen molar-refractivity contribution in [2.45, 2.75) is 6.42 Å². The first-order chi connectivity index (χ1) is 8.99. The lowest BCUT2D eigenvalue weighted by molar-refractivity contribution is 0.0991. The SMILES string of the molecule is O=C(Cc1ccc(F)cc1Cl)c1cccc(F)c1Br. The molecule has 0 aliphatic heterocycles. The molecular formula is C14H8BrClF2O. The van der Waals surface area contributed by atoms with E-state index in [0.29, 0.717) is 5.56 Å². The normalized spacial score (nSPS) is 10.5. The second-order valence-electron chi connectivity index (χ2n) is 3.94. The Hall–Kier alpha value is -1.26. The molecule has 0 atom stereocenters. The van der Waals surface area contributed by atoms with Crippen LogP contribution in [0.4, 0.5) is 8.78 Å². The molecule has 19 heavy (non-hydrogen) atoms. The monoisotopic (exact) mass is 344 g/mol. The lowest BCUT2D eigenvalue weighted by atomic mass is 10.0. The van der Waals surface area contributed by atoms with Crippen molar-refractivity contribution in [1.29, 1.82) is 0 Å². The molecule has 0 aromatic heterocycles. The van der Waals surface area contributed by atoms with Gasteiger partial charge in [0, 0.05) is 17.0 Å². The maximum absolute atomic E-state index is 13.3. The number of carbonyl (C=O) groups is 1. The van der Waals surface area contributed by atoms with E-state index < -0.39 is 11.6 Å². The first kappa shape index (κ1) is 14.2. The highest BCUT2D eigenvalue weighted by atomic mass is 79.9. The van der Waals surface area contributed by atoms with Crippen LogP contribution in [0.5, 0.6) is 0 Å². The molecule has 0 amide bonds. The van der Waals surface area contributed by atoms with Crippen LogP contribution in [0.25, 0.3) is 0 Å². The van der Waals surface area contributed by atoms with Gasteiger partial charge in [0.2, 0.25) is 0 Å². The van der Waals surface area contributed by atoms with Crippen LogP contribution in [0.15, 0.2) is 40.9 Å². The lowest BCUT2D eigenvalue weighted by Crippen LogP contribution is -2.06. The molecular weight excluding hydrogens is 338 g/mol. The molecule has 0 radical (unpaired) electrons. The maximum Gasteiger partial charge on any atom is 0.168 e. The van der Waals surface area contributed by atoms with Crippen molar-refractivity contribution in [2.24, 2.45) is 0 Å². The van der Waals surface area contributed by atoms with Gasteiger partial charge in [0.05, 0.1) is 4.47 Å². The lowest BCUT2D eigenvalue weighted by Gasteiger charge is -2.06. The van der Waals surface area contributed by atoms with Gasteiger partial charge in [-0.25, -0.2) is 8.78 Å². The summed E-state index contributed by atoms with van der Waals surface area (Å²) in [6.07, 6.45) is -0.0127. The van der Waals surface area contributed by atoms with E-state index in [0.717, 1.165) is 6.07 Å². The summed E-state index contributed by atoms with van der Waals surface area (Å²) in [5, 5.41) is 0.181. The molecule has 98 valence electrons. The first-order valence-corrected chi connectivity index (χ1v) is 6.57. The zero-order chi connectivity index (χ0) is 14.0. The summed E-state index contributed by atoms with van der Waals surface area (Å²) in [7, 11) is 0. The van der Waals surface area contributed by atoms with Crippen molar-refractivity contribution >= 4 is 33.3 Å². The van der Waals surface area contributed by atoms with Gasteiger partial charge in [0.25, 0.3) is 0 Å². The molecule has 2 rings (SSSR count). The highest BCUT2D eigenvalue weighted by molar-refractivity contribution is 9.10. The molecule has 0 N–H and O–H groups in total. The zero-order valence-electron chi connectivity index (χ0n) is 9.59. The van der Waals surface area contributed by atoms with Gasteiger partial charge in [0.1, 0.15) is 11.6 Å². The summed E-state index contributed by atoms with van der Waals surface area (Å²) in [5.41, 5.74) is 0.740. The molecule has 0 aliphatic rings. The van der Waals surface area contributed by atoms with Gasteiger partial charge in [-0.3, -0.25) is 4.79 Å². The minimum atomic E-state index is -0.504. The van der Waals surface area contributed by atoms with Crippen LogP contribution in [0.2, 0.25) is 5.02 Å². The molecule has 0 fully saturated rings.